The lowest BCUT2D eigenvalue weighted by atomic mass is 10.1. The SMILES string of the molecule is Cc1ccc(N2CCCNCC2)cc1[N+](=O)[O-]. The van der Waals surface area contributed by atoms with Gasteiger partial charge in [0.1, 0.15) is 0 Å². The maximum Gasteiger partial charge on any atom is 0.274 e. The Balaban J connectivity index is 2.25. The summed E-state index contributed by atoms with van der Waals surface area (Å²) in [6.07, 6.45) is 1.07. The molecule has 1 heterocycles. The van der Waals surface area contributed by atoms with Gasteiger partial charge in [-0.25, -0.2) is 0 Å². The molecular weight excluding hydrogens is 218 g/mol. The monoisotopic (exact) mass is 235 g/mol. The third-order valence-corrected chi connectivity index (χ3v) is 3.09. The first-order valence-corrected chi connectivity index (χ1v) is 5.89. The molecule has 1 aliphatic heterocycles. The van der Waals surface area contributed by atoms with Gasteiger partial charge in [0, 0.05) is 37.0 Å². The van der Waals surface area contributed by atoms with Crippen molar-refractivity contribution >= 4 is 11.4 Å². The number of rotatable bonds is 2. The van der Waals surface area contributed by atoms with E-state index in [-0.39, 0.29) is 10.6 Å². The van der Waals surface area contributed by atoms with E-state index in [4.69, 9.17) is 0 Å². The van der Waals surface area contributed by atoms with Crippen molar-refractivity contribution in [3.8, 4) is 0 Å². The Bertz CT molecular complexity index is 412. The van der Waals surface area contributed by atoms with Crippen LogP contribution in [0.25, 0.3) is 0 Å². The number of nitrogens with one attached hydrogen (secondary N) is 1. The lowest BCUT2D eigenvalue weighted by Gasteiger charge is -2.22. The van der Waals surface area contributed by atoms with Crippen molar-refractivity contribution in [1.29, 1.82) is 0 Å². The highest BCUT2D eigenvalue weighted by Gasteiger charge is 2.15. The number of hydrogen-bond donors (Lipinski definition) is 1. The van der Waals surface area contributed by atoms with Crippen LogP contribution in [0.3, 0.4) is 0 Å². The summed E-state index contributed by atoms with van der Waals surface area (Å²) >= 11 is 0. The van der Waals surface area contributed by atoms with Gasteiger partial charge >= 0.3 is 0 Å². The molecule has 2 rings (SSSR count). The zero-order valence-corrected chi connectivity index (χ0v) is 9.98. The zero-order valence-electron chi connectivity index (χ0n) is 9.98. The Kier molecular flexibility index (Phi) is 3.58. The molecule has 0 bridgehead atoms. The molecule has 5 heteroatoms. The maximum atomic E-state index is 10.9. The molecule has 92 valence electrons. The van der Waals surface area contributed by atoms with Crippen molar-refractivity contribution in [2.75, 3.05) is 31.1 Å². The van der Waals surface area contributed by atoms with Crippen LogP contribution in [-0.4, -0.2) is 31.1 Å². The van der Waals surface area contributed by atoms with Gasteiger partial charge < -0.3 is 10.2 Å². The summed E-state index contributed by atoms with van der Waals surface area (Å²) in [7, 11) is 0. The van der Waals surface area contributed by atoms with Crippen LogP contribution >= 0.6 is 0 Å². The summed E-state index contributed by atoms with van der Waals surface area (Å²) in [6.45, 7) is 5.57. The Morgan fingerprint density at radius 3 is 2.94 bits per heavy atom. The Hall–Kier alpha value is -1.62. The number of anilines is 1. The fourth-order valence-electron chi connectivity index (χ4n) is 2.10. The Morgan fingerprint density at radius 2 is 2.18 bits per heavy atom. The third-order valence-electron chi connectivity index (χ3n) is 3.09. The van der Waals surface area contributed by atoms with E-state index in [2.05, 4.69) is 10.2 Å². The molecule has 0 atom stereocenters. The quantitative estimate of drug-likeness (QED) is 0.626. The van der Waals surface area contributed by atoms with Gasteiger partial charge in [-0.05, 0) is 26.0 Å². The first kappa shape index (κ1) is 11.9. The average molecular weight is 235 g/mol. The fraction of sp³-hybridized carbons (Fsp3) is 0.500. The molecule has 1 aromatic carbocycles. The lowest BCUT2D eigenvalue weighted by Crippen LogP contribution is -2.27. The molecule has 1 saturated heterocycles. The molecule has 17 heavy (non-hydrogen) atoms. The molecule has 1 aliphatic rings. The Morgan fingerprint density at radius 1 is 1.35 bits per heavy atom. The van der Waals surface area contributed by atoms with Crippen molar-refractivity contribution in [2.45, 2.75) is 13.3 Å². The van der Waals surface area contributed by atoms with Crippen LogP contribution in [0.15, 0.2) is 18.2 Å². The van der Waals surface area contributed by atoms with E-state index in [1.807, 2.05) is 12.1 Å². The molecule has 0 amide bonds. The average Bonchev–Trinajstić information content (AvgIpc) is 2.58. The highest BCUT2D eigenvalue weighted by Crippen LogP contribution is 2.25. The molecule has 1 N–H and O–H groups in total. The van der Waals surface area contributed by atoms with Crippen molar-refractivity contribution < 1.29 is 4.92 Å². The minimum atomic E-state index is -0.311. The fourth-order valence-corrected chi connectivity index (χ4v) is 2.10. The minimum Gasteiger partial charge on any atom is -0.370 e. The normalized spacial score (nSPS) is 16.6. The van der Waals surface area contributed by atoms with Crippen molar-refractivity contribution in [2.24, 2.45) is 0 Å². The molecule has 1 fully saturated rings. The van der Waals surface area contributed by atoms with E-state index in [9.17, 15) is 10.1 Å². The number of nitrogens with zero attached hydrogens (tertiary/aromatic N) is 2. The number of aryl methyl sites for hydroxylation is 1. The highest BCUT2D eigenvalue weighted by atomic mass is 16.6. The topological polar surface area (TPSA) is 58.4 Å². The summed E-state index contributed by atoms with van der Waals surface area (Å²) in [6, 6.07) is 5.47. The number of benzene rings is 1. The molecule has 1 aromatic rings. The molecule has 0 saturated carbocycles. The largest absolute Gasteiger partial charge is 0.370 e. The molecule has 5 nitrogen and oxygen atoms in total. The van der Waals surface area contributed by atoms with Crippen LogP contribution in [0.2, 0.25) is 0 Å². The van der Waals surface area contributed by atoms with E-state index in [1.165, 1.54) is 0 Å². The molecule has 0 radical (unpaired) electrons. The molecule has 0 aliphatic carbocycles. The van der Waals surface area contributed by atoms with Gasteiger partial charge in [0.2, 0.25) is 0 Å². The van der Waals surface area contributed by atoms with Crippen LogP contribution in [0, 0.1) is 17.0 Å². The van der Waals surface area contributed by atoms with Crippen molar-refractivity contribution in [3.05, 3.63) is 33.9 Å². The van der Waals surface area contributed by atoms with Crippen LogP contribution in [-0.2, 0) is 0 Å². The standard InChI is InChI=1S/C12H17N3O2/c1-10-3-4-11(9-12(10)15(16)17)14-7-2-5-13-6-8-14/h3-4,9,13H,2,5-8H2,1H3. The predicted molar refractivity (Wildman–Crippen MR) is 67.5 cm³/mol. The van der Waals surface area contributed by atoms with E-state index in [0.717, 1.165) is 38.3 Å². The first-order chi connectivity index (χ1) is 8.18. The molecule has 0 aromatic heterocycles. The second-order valence-electron chi connectivity index (χ2n) is 4.32. The van der Waals surface area contributed by atoms with Crippen molar-refractivity contribution in [1.82, 2.24) is 5.32 Å². The van der Waals surface area contributed by atoms with E-state index in [1.54, 1.807) is 13.0 Å². The smallest absolute Gasteiger partial charge is 0.274 e. The van der Waals surface area contributed by atoms with Crippen LogP contribution < -0.4 is 10.2 Å². The second-order valence-corrected chi connectivity index (χ2v) is 4.32. The number of nitro groups is 1. The van der Waals surface area contributed by atoms with Crippen LogP contribution in [0.1, 0.15) is 12.0 Å². The maximum absolute atomic E-state index is 10.9. The van der Waals surface area contributed by atoms with Crippen molar-refractivity contribution in [3.63, 3.8) is 0 Å². The van der Waals surface area contributed by atoms with Crippen LogP contribution in [0.5, 0.6) is 0 Å². The highest BCUT2D eigenvalue weighted by molar-refractivity contribution is 5.56. The minimum absolute atomic E-state index is 0.208. The van der Waals surface area contributed by atoms with Gasteiger partial charge in [-0.3, -0.25) is 10.1 Å². The van der Waals surface area contributed by atoms with E-state index >= 15 is 0 Å². The van der Waals surface area contributed by atoms with E-state index < -0.39 is 0 Å². The summed E-state index contributed by atoms with van der Waals surface area (Å²) < 4.78 is 0. The molecule has 0 spiro atoms. The van der Waals surface area contributed by atoms with Crippen LogP contribution in [0.4, 0.5) is 11.4 Å². The van der Waals surface area contributed by atoms with Gasteiger partial charge in [-0.2, -0.15) is 0 Å². The molecule has 0 unspecified atom stereocenters. The van der Waals surface area contributed by atoms with Gasteiger partial charge in [0.05, 0.1) is 4.92 Å². The second kappa shape index (κ2) is 5.14. The van der Waals surface area contributed by atoms with E-state index in [0.29, 0.717) is 5.56 Å². The zero-order chi connectivity index (χ0) is 12.3. The number of hydrogen-bond acceptors (Lipinski definition) is 4. The predicted octanol–water partition coefficient (Wildman–Crippen LogP) is 1.70. The first-order valence-electron chi connectivity index (χ1n) is 5.89. The molecular formula is C12H17N3O2. The summed E-state index contributed by atoms with van der Waals surface area (Å²) in [5.74, 6) is 0. The van der Waals surface area contributed by atoms with Gasteiger partial charge in [-0.15, -0.1) is 0 Å². The van der Waals surface area contributed by atoms with Gasteiger partial charge in [0.25, 0.3) is 5.69 Å². The Labute approximate surface area is 101 Å². The summed E-state index contributed by atoms with van der Waals surface area (Å²) in [5, 5.41) is 14.2. The summed E-state index contributed by atoms with van der Waals surface area (Å²) in [4.78, 5) is 12.8. The van der Waals surface area contributed by atoms with Gasteiger partial charge in [0.15, 0.2) is 0 Å². The summed E-state index contributed by atoms with van der Waals surface area (Å²) in [5.41, 5.74) is 1.87. The number of nitro benzene ring substituents is 1. The van der Waals surface area contributed by atoms with Gasteiger partial charge in [-0.1, -0.05) is 6.07 Å². The third kappa shape index (κ3) is 2.74. The lowest BCUT2D eigenvalue weighted by molar-refractivity contribution is -0.385.